The Morgan fingerprint density at radius 2 is 1.78 bits per heavy atom. The summed E-state index contributed by atoms with van der Waals surface area (Å²) in [5.74, 6) is 0.831. The molecule has 0 N–H and O–H groups in total. The molecule has 0 aliphatic rings. The van der Waals surface area contributed by atoms with Crippen molar-refractivity contribution in [3.63, 3.8) is 0 Å². The zero-order valence-electron chi connectivity index (χ0n) is 5.22. The molecule has 0 spiro atoms. The third-order valence-corrected chi connectivity index (χ3v) is 1.37. The molecule has 0 atom stereocenters. The minimum absolute atomic E-state index is 0.831. The molecule has 1 aromatic carbocycles. The molecule has 0 aliphatic heterocycles. The van der Waals surface area contributed by atoms with E-state index < -0.39 is 0 Å². The highest BCUT2D eigenvalue weighted by atomic mass is 28.2. The van der Waals surface area contributed by atoms with Crippen molar-refractivity contribution < 1.29 is 4.43 Å². The SMILES string of the molecule is Cc1ccc(O[Si])cc1. The molecule has 0 saturated carbocycles. The number of hydrogen-bond acceptors (Lipinski definition) is 1. The van der Waals surface area contributed by atoms with Gasteiger partial charge in [-0.1, -0.05) is 17.7 Å². The lowest BCUT2D eigenvalue weighted by Crippen LogP contribution is -1.83. The van der Waals surface area contributed by atoms with E-state index >= 15 is 0 Å². The molecule has 45 valence electrons. The molecule has 0 bridgehead atoms. The largest absolute Gasteiger partial charge is 0.540 e. The van der Waals surface area contributed by atoms with Crippen LogP contribution in [0.3, 0.4) is 0 Å². The van der Waals surface area contributed by atoms with Gasteiger partial charge >= 0.3 is 10.5 Å². The van der Waals surface area contributed by atoms with Crippen molar-refractivity contribution >= 4 is 10.5 Å². The fraction of sp³-hybridized carbons (Fsp3) is 0.143. The summed E-state index contributed by atoms with van der Waals surface area (Å²) in [6, 6.07) is 7.80. The van der Waals surface area contributed by atoms with E-state index in [4.69, 9.17) is 4.43 Å². The lowest BCUT2D eigenvalue weighted by atomic mass is 10.2. The molecule has 0 fully saturated rings. The normalized spacial score (nSPS) is 9.11. The molecule has 1 nitrogen and oxygen atoms in total. The third-order valence-electron chi connectivity index (χ3n) is 1.14. The van der Waals surface area contributed by atoms with Crippen LogP contribution in [0.4, 0.5) is 0 Å². The molecule has 0 unspecified atom stereocenters. The average molecular weight is 135 g/mol. The predicted octanol–water partition coefficient (Wildman–Crippen LogP) is 1.46. The van der Waals surface area contributed by atoms with E-state index in [9.17, 15) is 0 Å². The van der Waals surface area contributed by atoms with E-state index in [1.54, 1.807) is 0 Å². The van der Waals surface area contributed by atoms with Gasteiger partial charge in [-0.3, -0.25) is 0 Å². The van der Waals surface area contributed by atoms with E-state index in [1.165, 1.54) is 5.56 Å². The fourth-order valence-electron chi connectivity index (χ4n) is 0.606. The first-order valence-electron chi connectivity index (χ1n) is 2.73. The highest BCUT2D eigenvalue weighted by molar-refractivity contribution is 5.99. The van der Waals surface area contributed by atoms with Gasteiger partial charge in [-0.25, -0.2) is 0 Å². The predicted molar refractivity (Wildman–Crippen MR) is 37.6 cm³/mol. The van der Waals surface area contributed by atoms with E-state index in [-0.39, 0.29) is 0 Å². The second kappa shape index (κ2) is 2.69. The monoisotopic (exact) mass is 135 g/mol. The molecular formula is C7H7OSi. The first-order chi connectivity index (χ1) is 4.33. The van der Waals surface area contributed by atoms with Gasteiger partial charge in [-0.05, 0) is 19.1 Å². The summed E-state index contributed by atoms with van der Waals surface area (Å²) < 4.78 is 4.77. The van der Waals surface area contributed by atoms with Crippen LogP contribution in [0.1, 0.15) is 5.56 Å². The first kappa shape index (κ1) is 6.36. The molecule has 0 heterocycles. The van der Waals surface area contributed by atoms with Gasteiger partial charge in [0.25, 0.3) is 0 Å². The molecule has 0 amide bonds. The highest BCUT2D eigenvalue weighted by Crippen LogP contribution is 2.09. The fourth-order valence-corrected chi connectivity index (χ4v) is 0.742. The van der Waals surface area contributed by atoms with Crippen LogP contribution in [0, 0.1) is 6.92 Å². The van der Waals surface area contributed by atoms with Crippen molar-refractivity contribution in [2.45, 2.75) is 6.92 Å². The van der Waals surface area contributed by atoms with Gasteiger partial charge in [0.2, 0.25) is 0 Å². The van der Waals surface area contributed by atoms with Crippen molar-refractivity contribution in [3.8, 4) is 5.75 Å². The number of hydrogen-bond donors (Lipinski definition) is 0. The highest BCUT2D eigenvalue weighted by Gasteiger charge is 1.85. The average Bonchev–Trinajstić information content (AvgIpc) is 1.90. The van der Waals surface area contributed by atoms with E-state index in [1.807, 2.05) is 31.2 Å². The van der Waals surface area contributed by atoms with Gasteiger partial charge < -0.3 is 4.43 Å². The maximum absolute atomic E-state index is 4.77. The summed E-state index contributed by atoms with van der Waals surface area (Å²) in [7, 11) is 2.93. The quantitative estimate of drug-likeness (QED) is 0.530. The van der Waals surface area contributed by atoms with Gasteiger partial charge in [0.15, 0.2) is 0 Å². The van der Waals surface area contributed by atoms with E-state index in [2.05, 4.69) is 10.5 Å². The maximum Gasteiger partial charge on any atom is 0.341 e. The summed E-state index contributed by atoms with van der Waals surface area (Å²) >= 11 is 0. The van der Waals surface area contributed by atoms with Crippen molar-refractivity contribution in [2.24, 2.45) is 0 Å². The van der Waals surface area contributed by atoms with Crippen LogP contribution in [0.15, 0.2) is 24.3 Å². The Morgan fingerprint density at radius 1 is 1.22 bits per heavy atom. The smallest absolute Gasteiger partial charge is 0.341 e. The lowest BCUT2D eigenvalue weighted by molar-refractivity contribution is 0.616. The molecule has 0 aromatic heterocycles. The zero-order valence-corrected chi connectivity index (χ0v) is 6.22. The number of benzene rings is 1. The van der Waals surface area contributed by atoms with Gasteiger partial charge in [0.1, 0.15) is 5.75 Å². The second-order valence-electron chi connectivity index (χ2n) is 1.92. The Balaban J connectivity index is 2.88. The Labute approximate surface area is 58.2 Å². The first-order valence-corrected chi connectivity index (χ1v) is 3.14. The van der Waals surface area contributed by atoms with E-state index in [0.717, 1.165) is 5.75 Å². The lowest BCUT2D eigenvalue weighted by Gasteiger charge is -1.97. The molecule has 0 aliphatic carbocycles. The van der Waals surface area contributed by atoms with Crippen LogP contribution in [0.5, 0.6) is 5.75 Å². The van der Waals surface area contributed by atoms with Crippen LogP contribution in [0.2, 0.25) is 0 Å². The van der Waals surface area contributed by atoms with Crippen LogP contribution in [-0.2, 0) is 0 Å². The number of rotatable bonds is 1. The molecular weight excluding hydrogens is 128 g/mol. The second-order valence-corrected chi connectivity index (χ2v) is 2.12. The topological polar surface area (TPSA) is 9.23 Å². The Bertz CT molecular complexity index is 181. The van der Waals surface area contributed by atoms with Gasteiger partial charge in [-0.2, -0.15) is 0 Å². The molecule has 9 heavy (non-hydrogen) atoms. The number of aryl methyl sites for hydroxylation is 1. The van der Waals surface area contributed by atoms with Gasteiger partial charge in [0, 0.05) is 0 Å². The van der Waals surface area contributed by atoms with Crippen LogP contribution in [-0.4, -0.2) is 10.5 Å². The molecule has 1 aromatic rings. The molecule has 2 heteroatoms. The summed E-state index contributed by atoms with van der Waals surface area (Å²) in [5.41, 5.74) is 1.24. The standard InChI is InChI=1S/C7H7OSi/c1-6-2-4-7(8-9)5-3-6/h2-5H,1H3. The zero-order chi connectivity index (χ0) is 6.69. The van der Waals surface area contributed by atoms with Crippen molar-refractivity contribution in [1.82, 2.24) is 0 Å². The molecule has 0 saturated heterocycles. The molecule has 1 rings (SSSR count). The van der Waals surface area contributed by atoms with Gasteiger partial charge in [0.05, 0.1) is 0 Å². The van der Waals surface area contributed by atoms with Crippen molar-refractivity contribution in [2.75, 3.05) is 0 Å². The maximum atomic E-state index is 4.77. The van der Waals surface area contributed by atoms with Crippen molar-refractivity contribution in [1.29, 1.82) is 0 Å². The van der Waals surface area contributed by atoms with Crippen LogP contribution in [0.25, 0.3) is 0 Å². The third kappa shape index (κ3) is 1.57. The van der Waals surface area contributed by atoms with E-state index in [0.29, 0.717) is 0 Å². The Morgan fingerprint density at radius 3 is 2.22 bits per heavy atom. The Hall–Kier alpha value is -0.763. The van der Waals surface area contributed by atoms with Crippen LogP contribution >= 0.6 is 0 Å². The summed E-state index contributed by atoms with van der Waals surface area (Å²) in [5, 5.41) is 0. The molecule has 3 radical (unpaired) electrons. The summed E-state index contributed by atoms with van der Waals surface area (Å²) in [6.45, 7) is 2.04. The summed E-state index contributed by atoms with van der Waals surface area (Å²) in [6.07, 6.45) is 0. The van der Waals surface area contributed by atoms with Crippen LogP contribution < -0.4 is 4.43 Å². The minimum Gasteiger partial charge on any atom is -0.540 e. The van der Waals surface area contributed by atoms with Crippen molar-refractivity contribution in [3.05, 3.63) is 29.8 Å². The summed E-state index contributed by atoms with van der Waals surface area (Å²) in [4.78, 5) is 0. The Kier molecular flexibility index (Phi) is 1.90. The minimum atomic E-state index is 0.831. The van der Waals surface area contributed by atoms with Gasteiger partial charge in [-0.15, -0.1) is 0 Å².